The number of hydrogen-bond acceptors (Lipinski definition) is 6. The van der Waals surface area contributed by atoms with Gasteiger partial charge in [0.25, 0.3) is 0 Å². The predicted octanol–water partition coefficient (Wildman–Crippen LogP) is 3.30. The van der Waals surface area contributed by atoms with Crippen molar-refractivity contribution in [2.24, 2.45) is 0 Å². The highest BCUT2D eigenvalue weighted by atomic mass is 127. The van der Waals surface area contributed by atoms with Crippen molar-refractivity contribution in [2.75, 3.05) is 17.2 Å². The average Bonchev–Trinajstić information content (AvgIpc) is 2.42. The predicted molar refractivity (Wildman–Crippen MR) is 85.2 cm³/mol. The van der Waals surface area contributed by atoms with Gasteiger partial charge in [-0.25, -0.2) is 9.37 Å². The van der Waals surface area contributed by atoms with E-state index in [1.54, 1.807) is 0 Å². The Morgan fingerprint density at radius 2 is 2.24 bits per heavy atom. The van der Waals surface area contributed by atoms with E-state index in [1.807, 2.05) is 29.5 Å². The molecule has 0 unspecified atom stereocenters. The van der Waals surface area contributed by atoms with Crippen LogP contribution >= 0.6 is 22.6 Å². The van der Waals surface area contributed by atoms with Crippen molar-refractivity contribution in [3.05, 3.63) is 43.9 Å². The van der Waals surface area contributed by atoms with Crippen LogP contribution in [0.1, 0.15) is 6.92 Å². The summed E-state index contributed by atoms with van der Waals surface area (Å²) in [5.41, 5.74) is 0.276. The van der Waals surface area contributed by atoms with Crippen LogP contribution in [0, 0.1) is 19.5 Å². The number of nitrogens with zero attached hydrogens (tertiary/aromatic N) is 3. The highest BCUT2D eigenvalue weighted by molar-refractivity contribution is 14.1. The van der Waals surface area contributed by atoms with Crippen molar-refractivity contribution in [2.45, 2.75) is 6.92 Å². The Balaban J connectivity index is 2.40. The van der Waals surface area contributed by atoms with Crippen LogP contribution in [0.4, 0.5) is 27.5 Å². The van der Waals surface area contributed by atoms with Crippen molar-refractivity contribution >= 4 is 45.7 Å². The monoisotopic (exact) mass is 403 g/mol. The van der Waals surface area contributed by atoms with E-state index in [4.69, 9.17) is 0 Å². The molecule has 0 radical (unpaired) electrons. The van der Waals surface area contributed by atoms with Crippen LogP contribution < -0.4 is 10.6 Å². The molecule has 110 valence electrons. The zero-order valence-electron chi connectivity index (χ0n) is 10.9. The molecule has 2 N–H and O–H groups in total. The van der Waals surface area contributed by atoms with Gasteiger partial charge in [-0.3, -0.25) is 10.1 Å². The molecule has 0 amide bonds. The van der Waals surface area contributed by atoms with Gasteiger partial charge in [-0.1, -0.05) is 0 Å². The van der Waals surface area contributed by atoms with Gasteiger partial charge < -0.3 is 10.6 Å². The van der Waals surface area contributed by atoms with Gasteiger partial charge in [0.1, 0.15) is 12.0 Å². The summed E-state index contributed by atoms with van der Waals surface area (Å²) >= 11 is 1.94. The van der Waals surface area contributed by atoms with Crippen molar-refractivity contribution in [1.82, 2.24) is 9.97 Å². The smallest absolute Gasteiger partial charge is 0.329 e. The van der Waals surface area contributed by atoms with Crippen LogP contribution in [0.3, 0.4) is 0 Å². The van der Waals surface area contributed by atoms with Crippen LogP contribution in [-0.4, -0.2) is 21.4 Å². The Kier molecular flexibility index (Phi) is 4.83. The lowest BCUT2D eigenvalue weighted by molar-refractivity contribution is -0.384. The fourth-order valence-electron chi connectivity index (χ4n) is 1.56. The van der Waals surface area contributed by atoms with E-state index in [-0.39, 0.29) is 23.3 Å². The molecular formula is C12H11FIN5O2. The first kappa shape index (κ1) is 15.4. The number of anilines is 3. The molecule has 9 heteroatoms. The summed E-state index contributed by atoms with van der Waals surface area (Å²) in [5, 5.41) is 16.7. The summed E-state index contributed by atoms with van der Waals surface area (Å²) in [5.74, 6) is -0.0475. The molecule has 21 heavy (non-hydrogen) atoms. The van der Waals surface area contributed by atoms with E-state index in [0.29, 0.717) is 15.8 Å². The van der Waals surface area contributed by atoms with Crippen molar-refractivity contribution in [1.29, 1.82) is 0 Å². The van der Waals surface area contributed by atoms with Gasteiger partial charge in [-0.05, 0) is 47.7 Å². The molecule has 0 aliphatic heterocycles. The van der Waals surface area contributed by atoms with Crippen LogP contribution in [-0.2, 0) is 0 Å². The molecule has 2 aromatic rings. The minimum Gasteiger partial charge on any atom is -0.354 e. The highest BCUT2D eigenvalue weighted by Crippen LogP contribution is 2.28. The number of nitro groups is 1. The number of hydrogen-bond donors (Lipinski definition) is 2. The number of halogens is 2. The third-order valence-corrected chi connectivity index (χ3v) is 3.38. The minimum atomic E-state index is -0.575. The van der Waals surface area contributed by atoms with E-state index in [1.165, 1.54) is 18.2 Å². The summed E-state index contributed by atoms with van der Waals surface area (Å²) in [4.78, 5) is 18.4. The van der Waals surface area contributed by atoms with Crippen LogP contribution in [0.2, 0.25) is 0 Å². The molecule has 0 saturated carbocycles. The first-order chi connectivity index (χ1) is 10.0. The summed E-state index contributed by atoms with van der Waals surface area (Å²) in [6, 6.07) is 4.08. The highest BCUT2D eigenvalue weighted by Gasteiger charge is 2.18. The largest absolute Gasteiger partial charge is 0.354 e. The maximum atomic E-state index is 13.1. The molecule has 0 bridgehead atoms. The lowest BCUT2D eigenvalue weighted by Crippen LogP contribution is -2.07. The Bertz CT molecular complexity index is 683. The fourth-order valence-corrected chi connectivity index (χ4v) is 2.17. The topological polar surface area (TPSA) is 93.0 Å². The maximum Gasteiger partial charge on any atom is 0.329 e. The third-order valence-electron chi connectivity index (χ3n) is 2.49. The molecule has 1 heterocycles. The normalized spacial score (nSPS) is 10.2. The Morgan fingerprint density at radius 1 is 1.48 bits per heavy atom. The van der Waals surface area contributed by atoms with Gasteiger partial charge in [0.2, 0.25) is 11.8 Å². The van der Waals surface area contributed by atoms with Gasteiger partial charge >= 0.3 is 5.69 Å². The first-order valence-electron chi connectivity index (χ1n) is 5.98. The van der Waals surface area contributed by atoms with Crippen molar-refractivity contribution < 1.29 is 9.31 Å². The molecule has 0 aliphatic rings. The van der Waals surface area contributed by atoms with E-state index in [2.05, 4.69) is 20.6 Å². The van der Waals surface area contributed by atoms with Crippen LogP contribution in [0.15, 0.2) is 24.4 Å². The van der Waals surface area contributed by atoms with E-state index in [9.17, 15) is 14.5 Å². The molecular weight excluding hydrogens is 392 g/mol. The molecule has 2 rings (SSSR count). The third kappa shape index (κ3) is 3.74. The fraction of sp³-hybridized carbons (Fsp3) is 0.167. The lowest BCUT2D eigenvalue weighted by Gasteiger charge is -2.09. The zero-order chi connectivity index (χ0) is 15.4. The van der Waals surface area contributed by atoms with E-state index in [0.717, 1.165) is 6.20 Å². The molecule has 1 aromatic carbocycles. The molecule has 1 aromatic heterocycles. The van der Waals surface area contributed by atoms with E-state index >= 15 is 0 Å². The van der Waals surface area contributed by atoms with Crippen LogP contribution in [0.5, 0.6) is 0 Å². The van der Waals surface area contributed by atoms with Crippen molar-refractivity contribution in [3.8, 4) is 0 Å². The quantitative estimate of drug-likeness (QED) is 0.452. The van der Waals surface area contributed by atoms with Gasteiger partial charge in [0, 0.05) is 10.1 Å². The van der Waals surface area contributed by atoms with Crippen LogP contribution in [0.25, 0.3) is 0 Å². The maximum absolute atomic E-state index is 13.1. The summed E-state index contributed by atoms with van der Waals surface area (Å²) in [6.45, 7) is 2.45. The summed E-state index contributed by atoms with van der Waals surface area (Å²) in [7, 11) is 0. The number of aromatic nitrogens is 2. The van der Waals surface area contributed by atoms with Gasteiger partial charge in [-0.15, -0.1) is 0 Å². The number of rotatable bonds is 5. The number of benzene rings is 1. The zero-order valence-corrected chi connectivity index (χ0v) is 13.1. The van der Waals surface area contributed by atoms with Gasteiger partial charge in [-0.2, -0.15) is 4.98 Å². The SMILES string of the molecule is CCNc1ncc([N+](=O)[O-])c(Nc2ccc(F)cc2I)n1. The average molecular weight is 403 g/mol. The standard InChI is InChI=1S/C12H11FIN5O2/c1-2-15-12-16-6-10(19(20)21)11(18-12)17-9-4-3-7(13)5-8(9)14/h3-6H,2H2,1H3,(H2,15,16,17,18). The van der Waals surface area contributed by atoms with E-state index < -0.39 is 4.92 Å². The second-order valence-electron chi connectivity index (χ2n) is 3.96. The van der Waals surface area contributed by atoms with Gasteiger partial charge in [0.05, 0.1) is 10.6 Å². The number of nitrogens with one attached hydrogen (secondary N) is 2. The summed E-state index contributed by atoms with van der Waals surface area (Å²) in [6.07, 6.45) is 1.13. The molecule has 0 spiro atoms. The first-order valence-corrected chi connectivity index (χ1v) is 7.06. The molecule has 0 saturated heterocycles. The molecule has 7 nitrogen and oxygen atoms in total. The Morgan fingerprint density at radius 3 is 2.86 bits per heavy atom. The summed E-state index contributed by atoms with van der Waals surface area (Å²) < 4.78 is 13.7. The molecule has 0 aliphatic carbocycles. The Labute approximate surface area is 133 Å². The minimum absolute atomic E-state index is 0.0514. The second-order valence-corrected chi connectivity index (χ2v) is 5.13. The molecule has 0 fully saturated rings. The van der Waals surface area contributed by atoms with Gasteiger partial charge in [0.15, 0.2) is 0 Å². The Hall–Kier alpha value is -2.04. The van der Waals surface area contributed by atoms with Crippen molar-refractivity contribution in [3.63, 3.8) is 0 Å². The lowest BCUT2D eigenvalue weighted by atomic mass is 10.3. The molecule has 0 atom stereocenters. The second kappa shape index (κ2) is 6.61.